The van der Waals surface area contributed by atoms with Gasteiger partial charge < -0.3 is 11.5 Å². The number of unbranched alkanes of at least 4 members (excludes halogenated alkanes) is 1. The lowest BCUT2D eigenvalue weighted by atomic mass is 10.1. The van der Waals surface area contributed by atoms with Crippen LogP contribution in [0.15, 0.2) is 47.7 Å². The maximum absolute atomic E-state index is 12.3. The lowest BCUT2D eigenvalue weighted by Crippen LogP contribution is -2.24. The Hall–Kier alpha value is -3.22. The number of hydrogen-bond acceptors (Lipinski definition) is 3. The summed E-state index contributed by atoms with van der Waals surface area (Å²) in [6.45, 7) is 2.10. The summed E-state index contributed by atoms with van der Waals surface area (Å²) >= 11 is 0. The number of amides is 1. The Balaban J connectivity index is 2.17. The molecule has 0 fully saturated rings. The van der Waals surface area contributed by atoms with E-state index >= 15 is 0 Å². The van der Waals surface area contributed by atoms with Crippen LogP contribution in [0.2, 0.25) is 0 Å². The minimum absolute atomic E-state index is 0.256. The van der Waals surface area contributed by atoms with Crippen LogP contribution in [0.25, 0.3) is 16.6 Å². The van der Waals surface area contributed by atoms with Crippen molar-refractivity contribution in [3.05, 3.63) is 54.0 Å². The van der Waals surface area contributed by atoms with Gasteiger partial charge in [0.1, 0.15) is 0 Å². The zero-order valence-electron chi connectivity index (χ0n) is 14.0. The molecule has 3 aromatic rings. The van der Waals surface area contributed by atoms with E-state index in [0.29, 0.717) is 12.0 Å². The van der Waals surface area contributed by atoms with E-state index in [4.69, 9.17) is 11.5 Å². The van der Waals surface area contributed by atoms with Crippen LogP contribution in [0.5, 0.6) is 0 Å². The van der Waals surface area contributed by atoms with Crippen molar-refractivity contribution in [1.29, 1.82) is 0 Å². The van der Waals surface area contributed by atoms with E-state index in [1.165, 1.54) is 6.20 Å². The Kier molecular flexibility index (Phi) is 4.74. The Morgan fingerprint density at radius 2 is 2.08 bits per heavy atom. The van der Waals surface area contributed by atoms with Crippen molar-refractivity contribution < 1.29 is 4.79 Å². The van der Waals surface area contributed by atoms with Crippen molar-refractivity contribution in [2.24, 2.45) is 16.5 Å². The lowest BCUT2D eigenvalue weighted by molar-refractivity contribution is 0.100. The molecule has 0 unspecified atom stereocenters. The summed E-state index contributed by atoms with van der Waals surface area (Å²) in [4.78, 5) is 20.4. The van der Waals surface area contributed by atoms with Gasteiger partial charge in [-0.25, -0.2) is 4.68 Å². The van der Waals surface area contributed by atoms with Crippen molar-refractivity contribution >= 4 is 22.8 Å². The molecule has 1 amide bonds. The Bertz CT molecular complexity index is 934. The Morgan fingerprint density at radius 1 is 1.24 bits per heavy atom. The number of carbonyl (C=O) groups is 1. The van der Waals surface area contributed by atoms with Crippen LogP contribution in [0.3, 0.4) is 0 Å². The molecular weight excluding hydrogens is 316 g/mol. The summed E-state index contributed by atoms with van der Waals surface area (Å²) in [5.74, 6) is -0.732. The molecule has 7 nitrogen and oxygen atoms in total. The SMILES string of the molecule is CCCCc1c(C(=O)N=C(N)N)cnn1-c1cccc2ncccc12. The number of benzene rings is 1. The third kappa shape index (κ3) is 3.35. The van der Waals surface area contributed by atoms with Crippen LogP contribution in [-0.4, -0.2) is 26.6 Å². The highest BCUT2D eigenvalue weighted by Crippen LogP contribution is 2.24. The van der Waals surface area contributed by atoms with Gasteiger partial charge in [0.05, 0.1) is 28.7 Å². The maximum Gasteiger partial charge on any atom is 0.283 e. The predicted octanol–water partition coefficient (Wildman–Crippen LogP) is 2.18. The highest BCUT2D eigenvalue weighted by atomic mass is 16.1. The fourth-order valence-electron chi connectivity index (χ4n) is 2.79. The van der Waals surface area contributed by atoms with Crippen LogP contribution in [0.1, 0.15) is 35.8 Å². The summed E-state index contributed by atoms with van der Waals surface area (Å²) in [6, 6.07) is 9.70. The van der Waals surface area contributed by atoms with Crippen molar-refractivity contribution in [3.8, 4) is 5.69 Å². The van der Waals surface area contributed by atoms with Gasteiger partial charge in [0.15, 0.2) is 5.96 Å². The molecule has 1 aromatic carbocycles. The second-order valence-electron chi connectivity index (χ2n) is 5.71. The molecule has 2 aromatic heterocycles. The number of rotatable bonds is 5. The van der Waals surface area contributed by atoms with Crippen molar-refractivity contribution in [3.63, 3.8) is 0 Å². The molecule has 0 aliphatic carbocycles. The number of fused-ring (bicyclic) bond motifs is 1. The number of hydrogen-bond donors (Lipinski definition) is 2. The van der Waals surface area contributed by atoms with Crippen LogP contribution in [0.4, 0.5) is 0 Å². The van der Waals surface area contributed by atoms with Gasteiger partial charge in [0.25, 0.3) is 5.91 Å². The fourth-order valence-corrected chi connectivity index (χ4v) is 2.79. The van der Waals surface area contributed by atoms with Crippen LogP contribution in [0, 0.1) is 0 Å². The van der Waals surface area contributed by atoms with Crippen molar-refractivity contribution in [1.82, 2.24) is 14.8 Å². The van der Waals surface area contributed by atoms with Gasteiger partial charge >= 0.3 is 0 Å². The van der Waals surface area contributed by atoms with Gasteiger partial charge in [-0.1, -0.05) is 19.4 Å². The van der Waals surface area contributed by atoms with E-state index in [1.807, 2.05) is 30.3 Å². The minimum atomic E-state index is -0.476. The number of nitrogens with two attached hydrogens (primary N) is 2. The zero-order chi connectivity index (χ0) is 17.8. The number of aromatic nitrogens is 3. The average molecular weight is 336 g/mol. The van der Waals surface area contributed by atoms with Crippen LogP contribution < -0.4 is 11.5 Å². The summed E-state index contributed by atoms with van der Waals surface area (Å²) in [7, 11) is 0. The molecule has 3 rings (SSSR count). The first-order valence-corrected chi connectivity index (χ1v) is 8.16. The summed E-state index contributed by atoms with van der Waals surface area (Å²) in [6.07, 6.45) is 5.90. The Labute approximate surface area is 145 Å². The molecule has 0 bridgehead atoms. The van der Waals surface area contributed by atoms with E-state index in [-0.39, 0.29) is 5.96 Å². The largest absolute Gasteiger partial charge is 0.370 e. The summed E-state index contributed by atoms with van der Waals surface area (Å²) in [5.41, 5.74) is 13.7. The zero-order valence-corrected chi connectivity index (χ0v) is 14.0. The highest BCUT2D eigenvalue weighted by molar-refractivity contribution is 6.02. The topological polar surface area (TPSA) is 112 Å². The molecule has 25 heavy (non-hydrogen) atoms. The summed E-state index contributed by atoms with van der Waals surface area (Å²) < 4.78 is 1.79. The van der Waals surface area contributed by atoms with E-state index in [9.17, 15) is 4.79 Å². The van der Waals surface area contributed by atoms with Gasteiger partial charge in [-0.15, -0.1) is 0 Å². The average Bonchev–Trinajstić information content (AvgIpc) is 3.02. The molecule has 128 valence electrons. The number of aliphatic imine (C=N–C) groups is 1. The molecule has 2 heterocycles. The van der Waals surface area contributed by atoms with Gasteiger partial charge in [-0.2, -0.15) is 10.1 Å². The lowest BCUT2D eigenvalue weighted by Gasteiger charge is -2.11. The quantitative estimate of drug-likeness (QED) is 0.548. The first-order valence-electron chi connectivity index (χ1n) is 8.16. The van der Waals surface area contributed by atoms with Gasteiger partial charge in [0, 0.05) is 11.6 Å². The van der Waals surface area contributed by atoms with Gasteiger partial charge in [-0.3, -0.25) is 9.78 Å². The number of carbonyl (C=O) groups excluding carboxylic acids is 1. The van der Waals surface area contributed by atoms with Crippen molar-refractivity contribution in [2.45, 2.75) is 26.2 Å². The molecule has 0 radical (unpaired) electrons. The molecule has 0 spiro atoms. The number of guanidine groups is 1. The second kappa shape index (κ2) is 7.12. The molecule has 4 N–H and O–H groups in total. The predicted molar refractivity (Wildman–Crippen MR) is 97.6 cm³/mol. The molecule has 7 heteroatoms. The Morgan fingerprint density at radius 3 is 2.84 bits per heavy atom. The first kappa shape index (κ1) is 16.6. The molecule has 0 aliphatic heterocycles. The number of pyridine rings is 1. The van der Waals surface area contributed by atoms with E-state index < -0.39 is 5.91 Å². The van der Waals surface area contributed by atoms with E-state index in [1.54, 1.807) is 10.9 Å². The van der Waals surface area contributed by atoms with E-state index in [0.717, 1.165) is 35.1 Å². The highest BCUT2D eigenvalue weighted by Gasteiger charge is 2.19. The second-order valence-corrected chi connectivity index (χ2v) is 5.71. The number of nitrogens with zero attached hydrogens (tertiary/aromatic N) is 4. The molecule has 0 saturated carbocycles. The van der Waals surface area contributed by atoms with Crippen LogP contribution in [-0.2, 0) is 6.42 Å². The smallest absolute Gasteiger partial charge is 0.283 e. The third-order valence-electron chi connectivity index (χ3n) is 3.95. The van der Waals surface area contributed by atoms with E-state index in [2.05, 4.69) is 22.0 Å². The monoisotopic (exact) mass is 336 g/mol. The summed E-state index contributed by atoms with van der Waals surface area (Å²) in [5, 5.41) is 5.40. The van der Waals surface area contributed by atoms with Crippen LogP contribution >= 0.6 is 0 Å². The molecule has 0 atom stereocenters. The molecule has 0 aliphatic rings. The normalized spacial score (nSPS) is 10.8. The standard InChI is InChI=1S/C18H20N6O/c1-2-3-8-16-13(17(25)23-18(19)20)11-22-24(16)15-9-4-7-14-12(15)6-5-10-21-14/h4-7,9-11H,2-3,8H2,1H3,(H4,19,20,23,25). The molecule has 0 saturated heterocycles. The molecular formula is C18H20N6O. The van der Waals surface area contributed by atoms with Gasteiger partial charge in [-0.05, 0) is 37.1 Å². The fraction of sp³-hybridized carbons (Fsp3) is 0.222. The van der Waals surface area contributed by atoms with Gasteiger partial charge in [0.2, 0.25) is 0 Å². The first-order chi connectivity index (χ1) is 12.1. The van der Waals surface area contributed by atoms with Crippen molar-refractivity contribution in [2.75, 3.05) is 0 Å². The maximum atomic E-state index is 12.3. The third-order valence-corrected chi connectivity index (χ3v) is 3.95. The minimum Gasteiger partial charge on any atom is -0.370 e.